The first-order valence-corrected chi connectivity index (χ1v) is 11.6. The summed E-state index contributed by atoms with van der Waals surface area (Å²) < 4.78 is 37.9. The van der Waals surface area contributed by atoms with E-state index in [9.17, 15) is 8.42 Å². The average Bonchev–Trinajstić information content (AvgIpc) is 3.35. The van der Waals surface area contributed by atoms with Crippen LogP contribution in [0.15, 0.2) is 33.7 Å². The van der Waals surface area contributed by atoms with E-state index >= 15 is 0 Å². The Morgan fingerprint density at radius 1 is 1.17 bits per heavy atom. The summed E-state index contributed by atoms with van der Waals surface area (Å²) >= 11 is 1.54. The molecular weight excluding hydrogens is 412 g/mol. The van der Waals surface area contributed by atoms with Gasteiger partial charge in [-0.3, -0.25) is 0 Å². The zero-order valence-electron chi connectivity index (χ0n) is 16.5. The number of aryl methyl sites for hydroxylation is 2. The largest absolute Gasteiger partial charge is 0.496 e. The molecule has 0 radical (unpaired) electrons. The zero-order valence-corrected chi connectivity index (χ0v) is 18.1. The number of benzene rings is 1. The summed E-state index contributed by atoms with van der Waals surface area (Å²) in [6.07, 6.45) is 1.40. The van der Waals surface area contributed by atoms with Crippen molar-refractivity contribution in [1.29, 1.82) is 0 Å². The molecular formula is C19H22N4O4S2. The molecule has 10 heteroatoms. The van der Waals surface area contributed by atoms with Gasteiger partial charge in [-0.15, -0.1) is 10.2 Å². The van der Waals surface area contributed by atoms with Gasteiger partial charge in [-0.1, -0.05) is 28.6 Å². The minimum absolute atomic E-state index is 0.185. The number of hydrogen-bond acceptors (Lipinski definition) is 8. The second kappa shape index (κ2) is 7.85. The maximum atomic E-state index is 13.0. The van der Waals surface area contributed by atoms with E-state index in [0.29, 0.717) is 37.4 Å². The smallest absolute Gasteiger partial charge is 0.248 e. The van der Waals surface area contributed by atoms with Crippen molar-refractivity contribution < 1.29 is 17.7 Å². The van der Waals surface area contributed by atoms with E-state index in [1.807, 2.05) is 24.3 Å². The van der Waals surface area contributed by atoms with Gasteiger partial charge in [0, 0.05) is 19.0 Å². The Morgan fingerprint density at radius 3 is 2.55 bits per heavy atom. The number of para-hydroxylation sites is 1. The van der Waals surface area contributed by atoms with E-state index in [0.717, 1.165) is 21.3 Å². The summed E-state index contributed by atoms with van der Waals surface area (Å²) in [7, 11) is -1.97. The summed E-state index contributed by atoms with van der Waals surface area (Å²) in [6.45, 7) is 4.14. The van der Waals surface area contributed by atoms with E-state index < -0.39 is 10.0 Å². The summed E-state index contributed by atoms with van der Waals surface area (Å²) in [4.78, 5) is 0.185. The fraction of sp³-hybridized carbons (Fsp3) is 0.421. The molecule has 0 atom stereocenters. The maximum absolute atomic E-state index is 13.0. The first kappa shape index (κ1) is 20.0. The van der Waals surface area contributed by atoms with Crippen molar-refractivity contribution >= 4 is 21.4 Å². The Balaban J connectivity index is 1.49. The highest BCUT2D eigenvalue weighted by atomic mass is 32.2. The Hall–Kier alpha value is -2.30. The van der Waals surface area contributed by atoms with Crippen molar-refractivity contribution in [2.75, 3.05) is 20.2 Å². The maximum Gasteiger partial charge on any atom is 0.248 e. The predicted molar refractivity (Wildman–Crippen MR) is 109 cm³/mol. The summed E-state index contributed by atoms with van der Waals surface area (Å²) in [6, 6.07) is 7.72. The van der Waals surface area contributed by atoms with Crippen LogP contribution in [-0.2, 0) is 10.0 Å². The molecule has 0 aliphatic carbocycles. The summed E-state index contributed by atoms with van der Waals surface area (Å²) in [5.74, 6) is 1.28. The lowest BCUT2D eigenvalue weighted by molar-refractivity contribution is 0.317. The van der Waals surface area contributed by atoms with Crippen molar-refractivity contribution in [3.8, 4) is 16.3 Å². The number of rotatable bonds is 5. The van der Waals surface area contributed by atoms with Crippen molar-refractivity contribution in [3.05, 3.63) is 40.7 Å². The number of hydrogen-bond donors (Lipinski definition) is 0. The van der Waals surface area contributed by atoms with Gasteiger partial charge in [0.2, 0.25) is 10.0 Å². The number of piperidine rings is 1. The third kappa shape index (κ3) is 3.67. The highest BCUT2D eigenvalue weighted by molar-refractivity contribution is 7.89. The molecule has 8 nitrogen and oxygen atoms in total. The van der Waals surface area contributed by atoms with Crippen LogP contribution in [0.2, 0.25) is 0 Å². The molecule has 1 saturated heterocycles. The van der Waals surface area contributed by atoms with Crippen LogP contribution in [0.1, 0.15) is 35.2 Å². The van der Waals surface area contributed by atoms with Crippen LogP contribution in [0.4, 0.5) is 0 Å². The first-order chi connectivity index (χ1) is 13.9. The molecule has 0 bridgehead atoms. The fourth-order valence-electron chi connectivity index (χ4n) is 3.64. The molecule has 3 aromatic rings. The Labute approximate surface area is 173 Å². The van der Waals surface area contributed by atoms with E-state index in [1.54, 1.807) is 21.0 Å². The Morgan fingerprint density at radius 2 is 1.90 bits per heavy atom. The standard InChI is InChI=1S/C19H22N4O4S2/c1-12-17(13(2)27-22-12)29(24,25)23-10-8-14(9-11-23)18-20-21-19(28-18)15-6-4-5-7-16(15)26-3/h4-7,14H,8-11H2,1-3H3. The molecule has 0 unspecified atom stereocenters. The summed E-state index contributed by atoms with van der Waals surface area (Å²) in [5.41, 5.74) is 1.31. The predicted octanol–water partition coefficient (Wildman–Crippen LogP) is 3.39. The number of aromatic nitrogens is 3. The van der Waals surface area contributed by atoms with E-state index in [2.05, 4.69) is 15.4 Å². The quantitative estimate of drug-likeness (QED) is 0.607. The molecule has 2 aromatic heterocycles. The van der Waals surface area contributed by atoms with Crippen LogP contribution >= 0.6 is 11.3 Å². The molecule has 4 rings (SSSR count). The van der Waals surface area contributed by atoms with Gasteiger partial charge in [0.1, 0.15) is 21.3 Å². The number of sulfonamides is 1. The Kier molecular flexibility index (Phi) is 5.41. The van der Waals surface area contributed by atoms with Gasteiger partial charge in [0.25, 0.3) is 0 Å². The molecule has 1 aromatic carbocycles. The van der Waals surface area contributed by atoms with Crippen molar-refractivity contribution in [2.24, 2.45) is 0 Å². The van der Waals surface area contributed by atoms with E-state index in [1.165, 1.54) is 15.6 Å². The number of methoxy groups -OCH3 is 1. The van der Waals surface area contributed by atoms with Crippen molar-refractivity contribution in [2.45, 2.75) is 37.5 Å². The van der Waals surface area contributed by atoms with Crippen LogP contribution in [0.5, 0.6) is 5.75 Å². The van der Waals surface area contributed by atoms with Gasteiger partial charge < -0.3 is 9.26 Å². The number of nitrogens with zero attached hydrogens (tertiary/aromatic N) is 4. The van der Waals surface area contributed by atoms with Crippen molar-refractivity contribution in [1.82, 2.24) is 19.7 Å². The molecule has 0 spiro atoms. The highest BCUT2D eigenvalue weighted by Gasteiger charge is 2.35. The monoisotopic (exact) mass is 434 g/mol. The van der Waals surface area contributed by atoms with Gasteiger partial charge in [-0.25, -0.2) is 8.42 Å². The van der Waals surface area contributed by atoms with Gasteiger partial charge in [-0.2, -0.15) is 4.31 Å². The molecule has 1 aliphatic rings. The molecule has 1 aliphatic heterocycles. The second-order valence-corrected chi connectivity index (χ2v) is 9.86. The Bertz CT molecular complexity index is 1100. The third-order valence-corrected chi connectivity index (χ3v) is 8.41. The van der Waals surface area contributed by atoms with Crippen LogP contribution in [0.3, 0.4) is 0 Å². The van der Waals surface area contributed by atoms with E-state index in [-0.39, 0.29) is 10.8 Å². The van der Waals surface area contributed by atoms with Gasteiger partial charge in [-0.05, 0) is 38.8 Å². The molecule has 154 valence electrons. The topological polar surface area (TPSA) is 98.4 Å². The van der Waals surface area contributed by atoms with Gasteiger partial charge >= 0.3 is 0 Å². The molecule has 3 heterocycles. The van der Waals surface area contributed by atoms with Gasteiger partial charge in [0.15, 0.2) is 10.8 Å². The van der Waals surface area contributed by atoms with Crippen LogP contribution in [0.25, 0.3) is 10.6 Å². The van der Waals surface area contributed by atoms with Crippen LogP contribution in [-0.4, -0.2) is 48.3 Å². The fourth-order valence-corrected chi connectivity index (χ4v) is 6.45. The first-order valence-electron chi connectivity index (χ1n) is 9.31. The molecule has 0 amide bonds. The minimum atomic E-state index is -3.60. The van der Waals surface area contributed by atoms with E-state index in [4.69, 9.17) is 9.26 Å². The lowest BCUT2D eigenvalue weighted by atomic mass is 9.99. The highest BCUT2D eigenvalue weighted by Crippen LogP contribution is 2.37. The zero-order chi connectivity index (χ0) is 20.6. The van der Waals surface area contributed by atoms with Crippen LogP contribution in [0, 0.1) is 13.8 Å². The minimum Gasteiger partial charge on any atom is -0.496 e. The summed E-state index contributed by atoms with van der Waals surface area (Å²) in [5, 5.41) is 14.2. The normalized spacial score (nSPS) is 16.2. The molecule has 1 fully saturated rings. The molecule has 0 saturated carbocycles. The van der Waals surface area contributed by atoms with Crippen LogP contribution < -0.4 is 4.74 Å². The van der Waals surface area contributed by atoms with Gasteiger partial charge in [0.05, 0.1) is 12.7 Å². The lowest BCUT2D eigenvalue weighted by Crippen LogP contribution is -2.38. The average molecular weight is 435 g/mol. The third-order valence-electron chi connectivity index (χ3n) is 5.15. The molecule has 29 heavy (non-hydrogen) atoms. The lowest BCUT2D eigenvalue weighted by Gasteiger charge is -2.29. The second-order valence-electron chi connectivity index (χ2n) is 6.98. The number of ether oxygens (including phenoxy) is 1. The van der Waals surface area contributed by atoms with Crippen molar-refractivity contribution in [3.63, 3.8) is 0 Å². The SMILES string of the molecule is COc1ccccc1-c1nnc(C2CCN(S(=O)(=O)c3c(C)noc3C)CC2)s1. The molecule has 0 N–H and O–H groups in total.